The lowest BCUT2D eigenvalue weighted by atomic mass is 10.1. The van der Waals surface area contributed by atoms with Crippen LogP contribution in [0.25, 0.3) is 0 Å². The number of anilines is 1. The number of pyridine rings is 1. The van der Waals surface area contributed by atoms with Gasteiger partial charge in [0.05, 0.1) is 17.2 Å². The molecule has 1 aromatic heterocycles. The van der Waals surface area contributed by atoms with Crippen LogP contribution < -0.4 is 5.32 Å². The predicted molar refractivity (Wildman–Crippen MR) is 68.2 cm³/mol. The van der Waals surface area contributed by atoms with Gasteiger partial charge in [-0.1, -0.05) is 11.6 Å². The summed E-state index contributed by atoms with van der Waals surface area (Å²) < 4.78 is 5.55. The lowest BCUT2D eigenvalue weighted by Crippen LogP contribution is -2.33. The maximum atomic E-state index is 8.81. The molecular weight excluding hydrogens is 238 g/mol. The molecule has 1 rings (SSSR count). The SMILES string of the molecule is CCOC(C)(C)CNc1cc(C#N)cc(Cl)n1. The molecule has 0 aliphatic rings. The Morgan fingerprint density at radius 1 is 1.53 bits per heavy atom. The van der Waals surface area contributed by atoms with E-state index in [9.17, 15) is 0 Å². The summed E-state index contributed by atoms with van der Waals surface area (Å²) in [6.07, 6.45) is 0. The summed E-state index contributed by atoms with van der Waals surface area (Å²) in [5.74, 6) is 0.585. The second-order valence-electron chi connectivity index (χ2n) is 4.22. The average molecular weight is 254 g/mol. The molecule has 0 atom stereocenters. The number of halogens is 1. The molecule has 4 nitrogen and oxygen atoms in total. The summed E-state index contributed by atoms with van der Waals surface area (Å²) in [5, 5.41) is 12.2. The molecule has 1 N–H and O–H groups in total. The zero-order chi connectivity index (χ0) is 12.9. The number of rotatable bonds is 5. The van der Waals surface area contributed by atoms with Gasteiger partial charge in [-0.2, -0.15) is 5.26 Å². The molecule has 1 aromatic rings. The Morgan fingerprint density at radius 2 is 2.24 bits per heavy atom. The van der Waals surface area contributed by atoms with Crippen molar-refractivity contribution in [3.05, 3.63) is 22.8 Å². The minimum atomic E-state index is -0.286. The van der Waals surface area contributed by atoms with Crippen molar-refractivity contribution in [2.24, 2.45) is 0 Å². The molecule has 0 radical (unpaired) electrons. The number of nitriles is 1. The Bertz CT molecular complexity index is 426. The van der Waals surface area contributed by atoms with Crippen LogP contribution in [0.4, 0.5) is 5.82 Å². The molecule has 0 saturated heterocycles. The fraction of sp³-hybridized carbons (Fsp3) is 0.500. The minimum absolute atomic E-state index is 0.286. The van der Waals surface area contributed by atoms with Gasteiger partial charge in [0, 0.05) is 13.2 Å². The summed E-state index contributed by atoms with van der Waals surface area (Å²) in [6, 6.07) is 5.22. The maximum Gasteiger partial charge on any atom is 0.132 e. The van der Waals surface area contributed by atoms with Crippen LogP contribution in [-0.2, 0) is 4.74 Å². The van der Waals surface area contributed by atoms with Crippen LogP contribution in [0.2, 0.25) is 5.15 Å². The molecule has 0 bridgehead atoms. The van der Waals surface area contributed by atoms with Crippen molar-refractivity contribution in [2.75, 3.05) is 18.5 Å². The van der Waals surface area contributed by atoms with E-state index in [0.29, 0.717) is 29.7 Å². The van der Waals surface area contributed by atoms with Gasteiger partial charge in [-0.05, 0) is 32.9 Å². The van der Waals surface area contributed by atoms with Gasteiger partial charge in [-0.15, -0.1) is 0 Å². The van der Waals surface area contributed by atoms with E-state index in [1.165, 1.54) is 6.07 Å². The first-order valence-electron chi connectivity index (χ1n) is 5.42. The molecule has 17 heavy (non-hydrogen) atoms. The van der Waals surface area contributed by atoms with Crippen LogP contribution in [-0.4, -0.2) is 23.7 Å². The summed E-state index contributed by atoms with van der Waals surface area (Å²) in [4.78, 5) is 4.09. The van der Waals surface area contributed by atoms with Gasteiger partial charge in [-0.3, -0.25) is 0 Å². The molecule has 0 spiro atoms. The number of hydrogen-bond donors (Lipinski definition) is 1. The topological polar surface area (TPSA) is 57.9 Å². The number of hydrogen-bond acceptors (Lipinski definition) is 4. The molecule has 0 aliphatic carbocycles. The van der Waals surface area contributed by atoms with Crippen molar-refractivity contribution < 1.29 is 4.74 Å². The Morgan fingerprint density at radius 3 is 2.82 bits per heavy atom. The lowest BCUT2D eigenvalue weighted by Gasteiger charge is -2.25. The zero-order valence-corrected chi connectivity index (χ0v) is 11.0. The van der Waals surface area contributed by atoms with E-state index in [4.69, 9.17) is 21.6 Å². The van der Waals surface area contributed by atoms with Crippen LogP contribution in [0.3, 0.4) is 0 Å². The van der Waals surface area contributed by atoms with E-state index in [-0.39, 0.29) is 5.60 Å². The molecule has 0 fully saturated rings. The van der Waals surface area contributed by atoms with Crippen molar-refractivity contribution in [2.45, 2.75) is 26.4 Å². The van der Waals surface area contributed by atoms with E-state index in [0.717, 1.165) is 0 Å². The van der Waals surface area contributed by atoms with Crippen molar-refractivity contribution in [1.29, 1.82) is 5.26 Å². The fourth-order valence-electron chi connectivity index (χ4n) is 1.40. The Labute approximate surface area is 107 Å². The molecule has 0 aliphatic heterocycles. The van der Waals surface area contributed by atoms with E-state index in [1.54, 1.807) is 6.07 Å². The largest absolute Gasteiger partial charge is 0.374 e. The number of nitrogens with one attached hydrogen (secondary N) is 1. The normalized spacial score (nSPS) is 11.0. The number of aromatic nitrogens is 1. The van der Waals surface area contributed by atoms with E-state index < -0.39 is 0 Å². The predicted octanol–water partition coefficient (Wildman–Crippen LogP) is 2.83. The number of nitrogens with zero attached hydrogens (tertiary/aromatic N) is 2. The third-order valence-corrected chi connectivity index (χ3v) is 2.35. The van der Waals surface area contributed by atoms with Crippen LogP contribution in [0, 0.1) is 11.3 Å². The summed E-state index contributed by atoms with van der Waals surface area (Å²) in [5.41, 5.74) is 0.202. The van der Waals surface area contributed by atoms with Crippen LogP contribution in [0.15, 0.2) is 12.1 Å². The monoisotopic (exact) mass is 253 g/mol. The van der Waals surface area contributed by atoms with Crippen molar-refractivity contribution in [1.82, 2.24) is 4.98 Å². The minimum Gasteiger partial charge on any atom is -0.374 e. The van der Waals surface area contributed by atoms with Crippen molar-refractivity contribution in [3.8, 4) is 6.07 Å². The van der Waals surface area contributed by atoms with Crippen LogP contribution >= 0.6 is 11.6 Å². The zero-order valence-electron chi connectivity index (χ0n) is 10.2. The Kier molecular flexibility index (Phi) is 4.73. The highest BCUT2D eigenvalue weighted by atomic mass is 35.5. The van der Waals surface area contributed by atoms with E-state index in [2.05, 4.69) is 10.3 Å². The van der Waals surface area contributed by atoms with Gasteiger partial charge >= 0.3 is 0 Å². The molecule has 1 heterocycles. The third-order valence-electron chi connectivity index (χ3n) is 2.15. The molecular formula is C12H16ClN3O. The molecule has 5 heteroatoms. The molecule has 0 saturated carbocycles. The summed E-state index contributed by atoms with van der Waals surface area (Å²) >= 11 is 5.81. The van der Waals surface area contributed by atoms with E-state index >= 15 is 0 Å². The van der Waals surface area contributed by atoms with Crippen molar-refractivity contribution >= 4 is 17.4 Å². The van der Waals surface area contributed by atoms with Gasteiger partial charge in [0.1, 0.15) is 11.0 Å². The molecule has 0 unspecified atom stereocenters. The molecule has 92 valence electrons. The van der Waals surface area contributed by atoms with Crippen LogP contribution in [0.1, 0.15) is 26.3 Å². The Hall–Kier alpha value is -1.31. The van der Waals surface area contributed by atoms with Crippen LogP contribution in [0.5, 0.6) is 0 Å². The second kappa shape index (κ2) is 5.85. The standard InChI is InChI=1S/C12H16ClN3O/c1-4-17-12(2,3)8-15-11-6-9(7-14)5-10(13)16-11/h5-6H,4,8H2,1-3H3,(H,15,16). The highest BCUT2D eigenvalue weighted by molar-refractivity contribution is 6.29. The first kappa shape index (κ1) is 13.8. The first-order chi connectivity index (χ1) is 7.96. The summed E-state index contributed by atoms with van der Waals surface area (Å²) in [7, 11) is 0. The van der Waals surface area contributed by atoms with Gasteiger partial charge in [0.15, 0.2) is 0 Å². The highest BCUT2D eigenvalue weighted by Gasteiger charge is 2.17. The maximum absolute atomic E-state index is 8.81. The van der Waals surface area contributed by atoms with E-state index in [1.807, 2.05) is 26.8 Å². The van der Waals surface area contributed by atoms with Gasteiger partial charge in [0.25, 0.3) is 0 Å². The van der Waals surface area contributed by atoms with Gasteiger partial charge in [0.2, 0.25) is 0 Å². The quantitative estimate of drug-likeness (QED) is 0.820. The summed E-state index contributed by atoms with van der Waals surface area (Å²) in [6.45, 7) is 7.17. The smallest absolute Gasteiger partial charge is 0.132 e. The van der Waals surface area contributed by atoms with Crippen molar-refractivity contribution in [3.63, 3.8) is 0 Å². The molecule has 0 aromatic carbocycles. The van der Waals surface area contributed by atoms with Gasteiger partial charge in [-0.25, -0.2) is 4.98 Å². The average Bonchev–Trinajstić information content (AvgIpc) is 2.26. The Balaban J connectivity index is 2.70. The first-order valence-corrected chi connectivity index (χ1v) is 5.80. The second-order valence-corrected chi connectivity index (χ2v) is 4.61. The lowest BCUT2D eigenvalue weighted by molar-refractivity contribution is 0.000642. The molecule has 0 amide bonds. The third kappa shape index (κ3) is 4.59. The van der Waals surface area contributed by atoms with Gasteiger partial charge < -0.3 is 10.1 Å². The fourth-order valence-corrected chi connectivity index (χ4v) is 1.61. The highest BCUT2D eigenvalue weighted by Crippen LogP contribution is 2.16. The number of ether oxygens (including phenoxy) is 1.